The molecule has 1 atom stereocenters. The largest absolute Gasteiger partial charge is 0.330 e. The van der Waals surface area contributed by atoms with Gasteiger partial charge in [-0.2, -0.15) is 17.0 Å². The first kappa shape index (κ1) is 11.6. The molecule has 0 N–H and O–H groups in total. The van der Waals surface area contributed by atoms with Crippen LogP contribution in [0.4, 0.5) is 0 Å². The number of rotatable bonds is 1. The minimum atomic E-state index is 0.515. The second-order valence-corrected chi connectivity index (χ2v) is 6.01. The van der Waals surface area contributed by atoms with E-state index in [1.807, 2.05) is 30.0 Å². The Morgan fingerprint density at radius 3 is 3.06 bits per heavy atom. The zero-order chi connectivity index (χ0) is 12.5. The van der Waals surface area contributed by atoms with E-state index in [4.69, 9.17) is 10.2 Å². The maximum Gasteiger partial charge on any atom is 0.122 e. The molecule has 4 heteroatoms. The standard InChI is InChI=1S/C14H15N3S/c1-17-12-6-5-10(9-15)8-11(12)16-14(17)13-4-2-3-7-18-13/h5-6,8,13H,2-4,7H2,1H3. The van der Waals surface area contributed by atoms with Crippen LogP contribution in [-0.4, -0.2) is 15.3 Å². The second-order valence-electron chi connectivity index (χ2n) is 4.70. The Morgan fingerprint density at radius 1 is 1.44 bits per heavy atom. The molecule has 3 rings (SSSR count). The zero-order valence-electron chi connectivity index (χ0n) is 10.4. The number of hydrogen-bond donors (Lipinski definition) is 0. The maximum atomic E-state index is 8.93. The van der Waals surface area contributed by atoms with E-state index >= 15 is 0 Å². The smallest absolute Gasteiger partial charge is 0.122 e. The van der Waals surface area contributed by atoms with E-state index < -0.39 is 0 Å². The molecule has 1 aliphatic rings. The van der Waals surface area contributed by atoms with Crippen molar-refractivity contribution in [1.29, 1.82) is 5.26 Å². The van der Waals surface area contributed by atoms with Gasteiger partial charge in [-0.25, -0.2) is 4.98 Å². The fourth-order valence-electron chi connectivity index (χ4n) is 2.52. The highest BCUT2D eigenvalue weighted by atomic mass is 32.2. The van der Waals surface area contributed by atoms with Crippen LogP contribution in [0.15, 0.2) is 18.2 Å². The lowest BCUT2D eigenvalue weighted by Crippen LogP contribution is -2.07. The topological polar surface area (TPSA) is 41.6 Å². The van der Waals surface area contributed by atoms with Crippen molar-refractivity contribution in [3.63, 3.8) is 0 Å². The number of hydrogen-bond acceptors (Lipinski definition) is 3. The van der Waals surface area contributed by atoms with Crippen LogP contribution in [-0.2, 0) is 7.05 Å². The van der Waals surface area contributed by atoms with Crippen molar-refractivity contribution >= 4 is 22.8 Å². The Kier molecular flexibility index (Phi) is 3.00. The molecule has 0 aliphatic carbocycles. The predicted molar refractivity (Wildman–Crippen MR) is 74.5 cm³/mol. The summed E-state index contributed by atoms with van der Waals surface area (Å²) in [5.74, 6) is 2.39. The van der Waals surface area contributed by atoms with Gasteiger partial charge < -0.3 is 4.57 Å². The highest BCUT2D eigenvalue weighted by Crippen LogP contribution is 2.38. The second kappa shape index (κ2) is 4.66. The lowest BCUT2D eigenvalue weighted by molar-refractivity contribution is 0.646. The van der Waals surface area contributed by atoms with E-state index in [0.717, 1.165) is 16.9 Å². The SMILES string of the molecule is Cn1c(C2CCCCS2)nc2cc(C#N)ccc21. The Balaban J connectivity index is 2.07. The van der Waals surface area contributed by atoms with E-state index in [2.05, 4.69) is 17.7 Å². The molecule has 3 nitrogen and oxygen atoms in total. The molecule has 0 saturated carbocycles. The number of nitriles is 1. The monoisotopic (exact) mass is 257 g/mol. The lowest BCUT2D eigenvalue weighted by Gasteiger charge is -2.20. The molecule has 0 bridgehead atoms. The van der Waals surface area contributed by atoms with Gasteiger partial charge in [-0.3, -0.25) is 0 Å². The molecule has 0 radical (unpaired) electrons. The Hall–Kier alpha value is -1.47. The van der Waals surface area contributed by atoms with Gasteiger partial charge in [0.2, 0.25) is 0 Å². The molecule has 1 aromatic carbocycles. The molecule has 1 unspecified atom stereocenters. The molecule has 1 aliphatic heterocycles. The number of imidazole rings is 1. The molecule has 1 aromatic heterocycles. The van der Waals surface area contributed by atoms with Gasteiger partial charge in [0.05, 0.1) is 27.9 Å². The Morgan fingerprint density at radius 2 is 2.33 bits per heavy atom. The third kappa shape index (κ3) is 1.89. The number of thioether (sulfide) groups is 1. The van der Waals surface area contributed by atoms with Gasteiger partial charge in [0, 0.05) is 7.05 Å². The normalized spacial score (nSPS) is 19.9. The molecular formula is C14H15N3S. The van der Waals surface area contributed by atoms with Gasteiger partial charge in [0.1, 0.15) is 5.82 Å². The number of fused-ring (bicyclic) bond motifs is 1. The highest BCUT2D eigenvalue weighted by Gasteiger charge is 2.21. The van der Waals surface area contributed by atoms with E-state index in [1.165, 1.54) is 25.0 Å². The molecule has 2 aromatic rings. The van der Waals surface area contributed by atoms with Crippen LogP contribution >= 0.6 is 11.8 Å². The molecule has 2 heterocycles. The summed E-state index contributed by atoms with van der Waals surface area (Å²) in [6.07, 6.45) is 3.83. The van der Waals surface area contributed by atoms with Gasteiger partial charge >= 0.3 is 0 Å². The Labute approximate surface area is 111 Å². The van der Waals surface area contributed by atoms with Crippen LogP contribution in [0.2, 0.25) is 0 Å². The predicted octanol–water partition coefficient (Wildman–Crippen LogP) is 3.40. The summed E-state index contributed by atoms with van der Waals surface area (Å²) in [4.78, 5) is 4.74. The molecule has 0 amide bonds. The minimum Gasteiger partial charge on any atom is -0.330 e. The molecular weight excluding hydrogens is 242 g/mol. The van der Waals surface area contributed by atoms with Gasteiger partial charge in [0.25, 0.3) is 0 Å². The van der Waals surface area contributed by atoms with Crippen molar-refractivity contribution in [2.75, 3.05) is 5.75 Å². The zero-order valence-corrected chi connectivity index (χ0v) is 11.2. The first-order valence-corrected chi connectivity index (χ1v) is 7.32. The van der Waals surface area contributed by atoms with Crippen molar-refractivity contribution in [2.45, 2.75) is 24.5 Å². The summed E-state index contributed by atoms with van der Waals surface area (Å²) in [5.41, 5.74) is 2.75. The summed E-state index contributed by atoms with van der Waals surface area (Å²) in [6, 6.07) is 7.91. The van der Waals surface area contributed by atoms with E-state index in [9.17, 15) is 0 Å². The number of aryl methyl sites for hydroxylation is 1. The van der Waals surface area contributed by atoms with Crippen LogP contribution < -0.4 is 0 Å². The molecule has 92 valence electrons. The highest BCUT2D eigenvalue weighted by molar-refractivity contribution is 7.99. The molecule has 18 heavy (non-hydrogen) atoms. The summed E-state index contributed by atoms with van der Waals surface area (Å²) in [5, 5.41) is 9.45. The Bertz CT molecular complexity index is 618. The fraction of sp³-hybridized carbons (Fsp3) is 0.429. The van der Waals surface area contributed by atoms with Crippen LogP contribution in [0, 0.1) is 11.3 Å². The van der Waals surface area contributed by atoms with Crippen molar-refractivity contribution in [1.82, 2.24) is 9.55 Å². The molecule has 0 spiro atoms. The third-order valence-electron chi connectivity index (χ3n) is 3.51. The number of aromatic nitrogens is 2. The lowest BCUT2D eigenvalue weighted by atomic mass is 10.2. The maximum absolute atomic E-state index is 8.93. The third-order valence-corrected chi connectivity index (χ3v) is 4.89. The average Bonchev–Trinajstić information content (AvgIpc) is 2.76. The van der Waals surface area contributed by atoms with E-state index in [0.29, 0.717) is 10.8 Å². The average molecular weight is 257 g/mol. The first-order chi connectivity index (χ1) is 8.79. The van der Waals surface area contributed by atoms with Crippen LogP contribution in [0.3, 0.4) is 0 Å². The molecule has 1 fully saturated rings. The van der Waals surface area contributed by atoms with Gasteiger partial charge in [0.15, 0.2) is 0 Å². The summed E-state index contributed by atoms with van der Waals surface area (Å²) >= 11 is 2.01. The number of nitrogens with zero attached hydrogens (tertiary/aromatic N) is 3. The van der Waals surface area contributed by atoms with Crippen molar-refractivity contribution < 1.29 is 0 Å². The number of benzene rings is 1. The van der Waals surface area contributed by atoms with Gasteiger partial charge in [-0.1, -0.05) is 6.42 Å². The van der Waals surface area contributed by atoms with E-state index in [1.54, 1.807) is 0 Å². The van der Waals surface area contributed by atoms with Crippen molar-refractivity contribution in [3.05, 3.63) is 29.6 Å². The summed E-state index contributed by atoms with van der Waals surface area (Å²) < 4.78 is 2.18. The van der Waals surface area contributed by atoms with Crippen LogP contribution in [0.1, 0.15) is 35.9 Å². The van der Waals surface area contributed by atoms with Crippen molar-refractivity contribution in [3.8, 4) is 6.07 Å². The van der Waals surface area contributed by atoms with E-state index in [-0.39, 0.29) is 0 Å². The van der Waals surface area contributed by atoms with Gasteiger partial charge in [-0.05, 0) is 36.8 Å². The van der Waals surface area contributed by atoms with Crippen LogP contribution in [0.25, 0.3) is 11.0 Å². The first-order valence-electron chi connectivity index (χ1n) is 6.27. The summed E-state index contributed by atoms with van der Waals surface area (Å²) in [6.45, 7) is 0. The minimum absolute atomic E-state index is 0.515. The van der Waals surface area contributed by atoms with Crippen LogP contribution in [0.5, 0.6) is 0 Å². The summed E-state index contributed by atoms with van der Waals surface area (Å²) in [7, 11) is 2.08. The van der Waals surface area contributed by atoms with Crippen molar-refractivity contribution in [2.24, 2.45) is 7.05 Å². The quantitative estimate of drug-likeness (QED) is 0.786. The fourth-order valence-corrected chi connectivity index (χ4v) is 3.87. The molecule has 1 saturated heterocycles. The van der Waals surface area contributed by atoms with Gasteiger partial charge in [-0.15, -0.1) is 0 Å².